The van der Waals surface area contributed by atoms with Gasteiger partial charge >= 0.3 is 18.3 Å². The van der Waals surface area contributed by atoms with Crippen LogP contribution in [0.3, 0.4) is 0 Å². The van der Waals surface area contributed by atoms with E-state index in [4.69, 9.17) is 4.74 Å². The smallest absolute Gasteiger partial charge is 0.387 e. The third kappa shape index (κ3) is 4.99. The maximum atomic E-state index is 12.6. The summed E-state index contributed by atoms with van der Waals surface area (Å²) >= 11 is 0. The van der Waals surface area contributed by atoms with Gasteiger partial charge < -0.3 is 14.8 Å². The van der Waals surface area contributed by atoms with Gasteiger partial charge in [0.05, 0.1) is 16.6 Å². The van der Waals surface area contributed by atoms with E-state index in [0.717, 1.165) is 9.13 Å². The minimum Gasteiger partial charge on any atom is -0.454 e. The van der Waals surface area contributed by atoms with Gasteiger partial charge in [-0.3, -0.25) is 23.5 Å². The van der Waals surface area contributed by atoms with E-state index in [-0.39, 0.29) is 28.9 Å². The lowest BCUT2D eigenvalue weighted by molar-refractivity contribution is -0.147. The van der Waals surface area contributed by atoms with Gasteiger partial charge in [-0.15, -0.1) is 0 Å². The lowest BCUT2D eigenvalue weighted by Crippen LogP contribution is -2.41. The van der Waals surface area contributed by atoms with E-state index in [9.17, 15) is 28.0 Å². The van der Waals surface area contributed by atoms with E-state index in [1.807, 2.05) is 0 Å². The molecule has 0 bridgehead atoms. The van der Waals surface area contributed by atoms with Crippen molar-refractivity contribution in [3.8, 4) is 5.75 Å². The Labute approximate surface area is 179 Å². The number of nitrogens with zero attached hydrogens (tertiary/aromatic N) is 2. The zero-order valence-corrected chi connectivity index (χ0v) is 16.9. The average molecular weight is 447 g/mol. The molecule has 0 saturated heterocycles. The minimum atomic E-state index is -3.08. The number of rotatable bonds is 8. The van der Waals surface area contributed by atoms with Crippen molar-refractivity contribution in [3.63, 3.8) is 0 Å². The van der Waals surface area contributed by atoms with Gasteiger partial charge in [0, 0.05) is 6.54 Å². The number of para-hydroxylation sites is 3. The molecule has 168 valence electrons. The minimum absolute atomic E-state index is 0.0221. The third-order valence-electron chi connectivity index (χ3n) is 4.48. The van der Waals surface area contributed by atoms with Crippen molar-refractivity contribution in [3.05, 3.63) is 69.4 Å². The Morgan fingerprint density at radius 3 is 2.44 bits per heavy atom. The summed E-state index contributed by atoms with van der Waals surface area (Å²) in [5, 5.41) is 2.57. The van der Waals surface area contributed by atoms with Crippen LogP contribution in [-0.4, -0.2) is 34.2 Å². The Morgan fingerprint density at radius 1 is 1.03 bits per heavy atom. The van der Waals surface area contributed by atoms with Crippen molar-refractivity contribution in [1.82, 2.24) is 9.13 Å². The average Bonchev–Trinajstić information content (AvgIpc) is 2.76. The maximum Gasteiger partial charge on any atom is 0.387 e. The number of amides is 1. The van der Waals surface area contributed by atoms with Gasteiger partial charge in [0.15, 0.2) is 6.61 Å². The normalized spacial score (nSPS) is 10.9. The molecule has 1 heterocycles. The van der Waals surface area contributed by atoms with Gasteiger partial charge in [0.25, 0.3) is 11.5 Å². The molecule has 1 N–H and O–H groups in total. The molecule has 0 aliphatic heterocycles. The number of benzene rings is 2. The summed E-state index contributed by atoms with van der Waals surface area (Å²) in [5.41, 5.74) is -0.921. The number of carbonyl (C=O) groups excluding carboxylic acids is 2. The van der Waals surface area contributed by atoms with Crippen LogP contribution >= 0.6 is 0 Å². The summed E-state index contributed by atoms with van der Waals surface area (Å²) in [6.07, 6.45) is 0. The molecule has 0 unspecified atom stereocenters. The van der Waals surface area contributed by atoms with Gasteiger partial charge in [-0.1, -0.05) is 24.3 Å². The molecule has 3 rings (SSSR count). The number of hydrogen-bond acceptors (Lipinski definition) is 6. The van der Waals surface area contributed by atoms with Gasteiger partial charge in [-0.25, -0.2) is 4.79 Å². The summed E-state index contributed by atoms with van der Waals surface area (Å²) in [5.74, 6) is -1.94. The maximum absolute atomic E-state index is 12.6. The Morgan fingerprint density at radius 2 is 1.72 bits per heavy atom. The summed E-state index contributed by atoms with van der Waals surface area (Å²) in [7, 11) is 0. The number of hydrogen-bond donors (Lipinski definition) is 1. The van der Waals surface area contributed by atoms with Crippen molar-refractivity contribution < 1.29 is 27.8 Å². The van der Waals surface area contributed by atoms with Crippen LogP contribution in [0.1, 0.15) is 6.92 Å². The summed E-state index contributed by atoms with van der Waals surface area (Å²) in [6, 6.07) is 11.9. The number of aromatic nitrogens is 2. The van der Waals surface area contributed by atoms with Gasteiger partial charge in [0.1, 0.15) is 12.3 Å². The van der Waals surface area contributed by atoms with Crippen molar-refractivity contribution in [1.29, 1.82) is 0 Å². The van der Waals surface area contributed by atoms with E-state index < -0.39 is 42.9 Å². The number of halogens is 2. The summed E-state index contributed by atoms with van der Waals surface area (Å²) in [4.78, 5) is 49.4. The van der Waals surface area contributed by atoms with E-state index in [2.05, 4.69) is 10.1 Å². The number of ether oxygens (including phenoxy) is 2. The van der Waals surface area contributed by atoms with E-state index >= 15 is 0 Å². The second-order valence-corrected chi connectivity index (χ2v) is 6.52. The second kappa shape index (κ2) is 9.86. The molecular formula is C21H19F2N3O6. The predicted octanol–water partition coefficient (Wildman–Crippen LogP) is 1.97. The first-order valence-electron chi connectivity index (χ1n) is 9.53. The molecule has 0 spiro atoms. The number of alkyl halides is 2. The largest absolute Gasteiger partial charge is 0.454 e. The molecular weight excluding hydrogens is 428 g/mol. The Kier molecular flexibility index (Phi) is 6.98. The van der Waals surface area contributed by atoms with E-state index in [1.165, 1.54) is 36.4 Å². The zero-order chi connectivity index (χ0) is 23.3. The first kappa shape index (κ1) is 22.7. The molecule has 0 saturated carbocycles. The Bertz CT molecular complexity index is 1270. The number of fused-ring (bicyclic) bond motifs is 1. The van der Waals surface area contributed by atoms with Crippen LogP contribution in [0.2, 0.25) is 0 Å². The van der Waals surface area contributed by atoms with Crippen LogP contribution in [0.5, 0.6) is 5.75 Å². The topological polar surface area (TPSA) is 109 Å². The fraction of sp³-hybridized carbons (Fsp3) is 0.238. The second-order valence-electron chi connectivity index (χ2n) is 6.52. The third-order valence-corrected chi connectivity index (χ3v) is 4.48. The fourth-order valence-electron chi connectivity index (χ4n) is 3.08. The van der Waals surface area contributed by atoms with Crippen molar-refractivity contribution in [2.24, 2.45) is 0 Å². The molecule has 11 heteroatoms. The first-order chi connectivity index (χ1) is 15.3. The molecule has 0 radical (unpaired) electrons. The first-order valence-corrected chi connectivity index (χ1v) is 9.53. The zero-order valence-electron chi connectivity index (χ0n) is 16.9. The molecule has 1 amide bonds. The van der Waals surface area contributed by atoms with Crippen molar-refractivity contribution in [2.45, 2.75) is 26.6 Å². The predicted molar refractivity (Wildman–Crippen MR) is 111 cm³/mol. The van der Waals surface area contributed by atoms with Crippen molar-refractivity contribution in [2.75, 3.05) is 11.9 Å². The highest BCUT2D eigenvalue weighted by molar-refractivity contribution is 5.94. The van der Waals surface area contributed by atoms with Gasteiger partial charge in [-0.05, 0) is 31.2 Å². The van der Waals surface area contributed by atoms with Crippen LogP contribution in [0, 0.1) is 0 Å². The molecule has 32 heavy (non-hydrogen) atoms. The number of esters is 1. The van der Waals surface area contributed by atoms with Crippen LogP contribution in [0.15, 0.2) is 58.1 Å². The standard InChI is InChI=1S/C21H19F2N3O6/c1-2-25-19(29)13-7-3-5-9-15(13)26(21(25)30)11-18(28)31-12-17(27)24-14-8-4-6-10-16(14)32-20(22)23/h3-10,20H,2,11-12H2,1H3,(H,24,27). The number of carbonyl (C=O) groups is 2. The number of nitrogens with one attached hydrogen (secondary N) is 1. The molecule has 0 aliphatic carbocycles. The molecule has 1 aromatic heterocycles. The molecule has 2 aromatic carbocycles. The summed E-state index contributed by atoms with van der Waals surface area (Å²) in [6.45, 7) is -2.59. The number of anilines is 1. The van der Waals surface area contributed by atoms with Gasteiger partial charge in [0.2, 0.25) is 0 Å². The molecule has 0 fully saturated rings. The quantitative estimate of drug-likeness (QED) is 0.529. The molecule has 9 nitrogen and oxygen atoms in total. The Hall–Kier alpha value is -4.02. The Balaban J connectivity index is 1.71. The SMILES string of the molecule is CCn1c(=O)c2ccccc2n(CC(=O)OCC(=O)Nc2ccccc2OC(F)F)c1=O. The van der Waals surface area contributed by atoms with Crippen LogP contribution < -0.4 is 21.3 Å². The highest BCUT2D eigenvalue weighted by Gasteiger charge is 2.17. The van der Waals surface area contributed by atoms with Crippen molar-refractivity contribution >= 4 is 28.5 Å². The van der Waals surface area contributed by atoms with Crippen LogP contribution in [0.25, 0.3) is 10.9 Å². The highest BCUT2D eigenvalue weighted by Crippen LogP contribution is 2.25. The van der Waals surface area contributed by atoms with E-state index in [1.54, 1.807) is 19.1 Å². The monoisotopic (exact) mass is 447 g/mol. The molecule has 3 aromatic rings. The lowest BCUT2D eigenvalue weighted by Gasteiger charge is -2.13. The lowest BCUT2D eigenvalue weighted by atomic mass is 10.2. The van der Waals surface area contributed by atoms with E-state index in [0.29, 0.717) is 0 Å². The molecule has 0 aliphatic rings. The van der Waals surface area contributed by atoms with Crippen LogP contribution in [-0.2, 0) is 27.4 Å². The highest BCUT2D eigenvalue weighted by atomic mass is 19.3. The van der Waals surface area contributed by atoms with Gasteiger partial charge in [-0.2, -0.15) is 8.78 Å². The summed E-state index contributed by atoms with van der Waals surface area (Å²) < 4.78 is 36.3. The fourth-order valence-corrected chi connectivity index (χ4v) is 3.08. The van der Waals surface area contributed by atoms with Crippen LogP contribution in [0.4, 0.5) is 14.5 Å². The molecule has 0 atom stereocenters.